The van der Waals surface area contributed by atoms with Crippen molar-refractivity contribution in [2.24, 2.45) is 16.7 Å². The van der Waals surface area contributed by atoms with Crippen LogP contribution in [-0.2, 0) is 24.3 Å². The van der Waals surface area contributed by atoms with E-state index >= 15 is 0 Å². The number of nitrogens with zero attached hydrogens (tertiary/aromatic N) is 1. The van der Waals surface area contributed by atoms with Gasteiger partial charge in [0.05, 0.1) is 11.8 Å². The number of hydrogen-bond acceptors (Lipinski definition) is 5. The van der Waals surface area contributed by atoms with Crippen molar-refractivity contribution in [2.45, 2.75) is 58.1 Å². The summed E-state index contributed by atoms with van der Waals surface area (Å²) in [6.45, 7) is 5.76. The van der Waals surface area contributed by atoms with Crippen molar-refractivity contribution in [1.29, 1.82) is 0 Å². The van der Waals surface area contributed by atoms with Gasteiger partial charge in [0.2, 0.25) is 10.0 Å². The molecular formula is C27H31NO5S. The average molecular weight is 482 g/mol. The molecule has 1 spiro atoms. The molecule has 2 aromatic carbocycles. The highest BCUT2D eigenvalue weighted by Crippen LogP contribution is 2.70. The third-order valence-electron chi connectivity index (χ3n) is 8.77. The number of ether oxygens (including phenoxy) is 1. The van der Waals surface area contributed by atoms with Crippen LogP contribution in [0.3, 0.4) is 0 Å². The second-order valence-electron chi connectivity index (χ2n) is 10.6. The summed E-state index contributed by atoms with van der Waals surface area (Å²) < 4.78 is 33.2. The first-order valence-electron chi connectivity index (χ1n) is 11.9. The average Bonchev–Trinajstić information content (AvgIpc) is 3.28. The van der Waals surface area contributed by atoms with Crippen LogP contribution in [0.2, 0.25) is 0 Å². The number of amides is 1. The standard InChI is InChI=1S/C27H31NO5S/c1-18(33-25(30)23(19-10-6-4-7-11-19)20-12-8-5-9-13-20)24(29)28-22-16-21-14-15-27(22,26(21,2)3)17-34(28,31)32/h4-13,18,21-23H,14-17H2,1-3H3/t18-,21+,22+,27+/m0/s1. The van der Waals surface area contributed by atoms with Crippen LogP contribution in [0, 0.1) is 16.7 Å². The van der Waals surface area contributed by atoms with Crippen LogP contribution < -0.4 is 0 Å². The molecule has 34 heavy (non-hydrogen) atoms. The van der Waals surface area contributed by atoms with Crippen molar-refractivity contribution in [2.75, 3.05) is 5.75 Å². The molecule has 3 fully saturated rings. The molecule has 2 aromatic rings. The van der Waals surface area contributed by atoms with Crippen LogP contribution in [0.25, 0.3) is 0 Å². The number of hydrogen-bond donors (Lipinski definition) is 0. The van der Waals surface area contributed by atoms with E-state index in [1.807, 2.05) is 60.7 Å². The monoisotopic (exact) mass is 481 g/mol. The normalized spacial score (nSPS) is 29.1. The fraction of sp³-hybridized carbons (Fsp3) is 0.481. The van der Waals surface area contributed by atoms with E-state index < -0.39 is 39.3 Å². The summed E-state index contributed by atoms with van der Waals surface area (Å²) in [5, 5.41) is 0. The van der Waals surface area contributed by atoms with Gasteiger partial charge in [0.1, 0.15) is 5.92 Å². The van der Waals surface area contributed by atoms with Gasteiger partial charge in [0.25, 0.3) is 5.91 Å². The molecule has 0 N–H and O–H groups in total. The molecule has 5 rings (SSSR count). The van der Waals surface area contributed by atoms with Crippen LogP contribution in [-0.4, -0.2) is 42.5 Å². The lowest BCUT2D eigenvalue weighted by atomic mass is 9.69. The van der Waals surface area contributed by atoms with Crippen LogP contribution >= 0.6 is 0 Å². The van der Waals surface area contributed by atoms with E-state index in [4.69, 9.17) is 4.74 Å². The van der Waals surface area contributed by atoms with Crippen LogP contribution in [0.5, 0.6) is 0 Å². The maximum atomic E-state index is 13.5. The predicted octanol–water partition coefficient (Wildman–Crippen LogP) is 4.12. The highest BCUT2D eigenvalue weighted by molar-refractivity contribution is 7.90. The van der Waals surface area contributed by atoms with Gasteiger partial charge in [-0.2, -0.15) is 0 Å². The first-order valence-corrected chi connectivity index (χ1v) is 13.6. The molecule has 3 aliphatic rings. The molecule has 4 atom stereocenters. The van der Waals surface area contributed by atoms with Crippen molar-refractivity contribution in [3.63, 3.8) is 0 Å². The molecule has 1 amide bonds. The van der Waals surface area contributed by atoms with E-state index in [9.17, 15) is 18.0 Å². The van der Waals surface area contributed by atoms with E-state index in [0.29, 0.717) is 12.3 Å². The Kier molecular flexibility index (Phi) is 5.39. The molecule has 2 bridgehead atoms. The second kappa shape index (κ2) is 7.94. The lowest BCUT2D eigenvalue weighted by Crippen LogP contribution is -2.48. The Labute approximate surface area is 201 Å². The van der Waals surface area contributed by atoms with Gasteiger partial charge in [0.15, 0.2) is 6.10 Å². The number of carbonyl (C=O) groups is 2. The molecule has 0 radical (unpaired) electrons. The Bertz CT molecular complexity index is 1170. The van der Waals surface area contributed by atoms with E-state index in [0.717, 1.165) is 28.3 Å². The Morgan fingerprint density at radius 3 is 2.09 bits per heavy atom. The molecule has 2 aliphatic carbocycles. The number of esters is 1. The van der Waals surface area contributed by atoms with Gasteiger partial charge < -0.3 is 4.74 Å². The Hall–Kier alpha value is -2.67. The maximum Gasteiger partial charge on any atom is 0.318 e. The highest BCUT2D eigenvalue weighted by atomic mass is 32.2. The summed E-state index contributed by atoms with van der Waals surface area (Å²) >= 11 is 0. The SMILES string of the molecule is C[C@H](OC(=O)C(c1ccccc1)c1ccccc1)C(=O)N1[C@@H]2C[C@H]3CC[C@]2(CS1(=O)=O)C3(C)C. The number of fused-ring (bicyclic) bond motifs is 1. The lowest BCUT2D eigenvalue weighted by molar-refractivity contribution is -0.158. The van der Waals surface area contributed by atoms with Crippen molar-refractivity contribution < 1.29 is 22.7 Å². The van der Waals surface area contributed by atoms with E-state index in [1.54, 1.807) is 0 Å². The van der Waals surface area contributed by atoms with Crippen molar-refractivity contribution in [1.82, 2.24) is 4.31 Å². The third-order valence-corrected chi connectivity index (χ3v) is 10.7. The fourth-order valence-electron chi connectivity index (χ4n) is 6.81. The summed E-state index contributed by atoms with van der Waals surface area (Å²) in [4.78, 5) is 26.8. The van der Waals surface area contributed by atoms with Gasteiger partial charge in [-0.05, 0) is 48.6 Å². The number of sulfonamides is 1. The van der Waals surface area contributed by atoms with Crippen molar-refractivity contribution in [3.05, 3.63) is 71.8 Å². The Morgan fingerprint density at radius 1 is 1.00 bits per heavy atom. The zero-order chi connectivity index (χ0) is 24.3. The largest absolute Gasteiger partial charge is 0.452 e. The van der Waals surface area contributed by atoms with Crippen LogP contribution in [0.1, 0.15) is 57.1 Å². The number of rotatable bonds is 5. The molecule has 1 heterocycles. The topological polar surface area (TPSA) is 80.8 Å². The van der Waals surface area contributed by atoms with Gasteiger partial charge in [-0.1, -0.05) is 74.5 Å². The highest BCUT2D eigenvalue weighted by Gasteiger charge is 2.72. The van der Waals surface area contributed by atoms with Gasteiger partial charge in [0, 0.05) is 5.41 Å². The summed E-state index contributed by atoms with van der Waals surface area (Å²) in [5.41, 5.74) is 0.958. The molecule has 2 saturated carbocycles. The predicted molar refractivity (Wildman–Crippen MR) is 128 cm³/mol. The second-order valence-corrected chi connectivity index (χ2v) is 12.4. The summed E-state index contributed by atoms with van der Waals surface area (Å²) in [6.07, 6.45) is 1.31. The number of carbonyl (C=O) groups excluding carboxylic acids is 2. The Morgan fingerprint density at radius 2 is 1.56 bits per heavy atom. The summed E-state index contributed by atoms with van der Waals surface area (Å²) in [7, 11) is -3.77. The molecule has 7 heteroatoms. The molecule has 6 nitrogen and oxygen atoms in total. The summed E-state index contributed by atoms with van der Waals surface area (Å²) in [5.74, 6) is -1.52. The van der Waals surface area contributed by atoms with Crippen LogP contribution in [0.15, 0.2) is 60.7 Å². The Balaban J connectivity index is 1.40. The number of benzene rings is 2. The third kappa shape index (κ3) is 3.31. The van der Waals surface area contributed by atoms with Gasteiger partial charge in [-0.25, -0.2) is 12.7 Å². The fourth-order valence-corrected chi connectivity index (χ4v) is 9.40. The minimum absolute atomic E-state index is 0.00275. The summed E-state index contributed by atoms with van der Waals surface area (Å²) in [6, 6.07) is 18.2. The lowest BCUT2D eigenvalue weighted by Gasteiger charge is -2.37. The minimum Gasteiger partial charge on any atom is -0.452 e. The minimum atomic E-state index is -3.77. The quantitative estimate of drug-likeness (QED) is 0.600. The first kappa shape index (κ1) is 23.1. The molecular weight excluding hydrogens is 450 g/mol. The zero-order valence-electron chi connectivity index (χ0n) is 19.8. The first-order chi connectivity index (χ1) is 16.1. The van der Waals surface area contributed by atoms with Gasteiger partial charge in [-0.3, -0.25) is 9.59 Å². The van der Waals surface area contributed by atoms with Gasteiger partial charge in [-0.15, -0.1) is 0 Å². The maximum absolute atomic E-state index is 13.5. The molecule has 1 saturated heterocycles. The van der Waals surface area contributed by atoms with E-state index in [-0.39, 0.29) is 17.2 Å². The zero-order valence-corrected chi connectivity index (χ0v) is 20.6. The van der Waals surface area contributed by atoms with Crippen molar-refractivity contribution in [3.8, 4) is 0 Å². The molecule has 1 aliphatic heterocycles. The molecule has 0 aromatic heterocycles. The van der Waals surface area contributed by atoms with E-state index in [1.165, 1.54) is 6.92 Å². The molecule has 180 valence electrons. The van der Waals surface area contributed by atoms with Crippen molar-refractivity contribution >= 4 is 21.9 Å². The van der Waals surface area contributed by atoms with Crippen LogP contribution in [0.4, 0.5) is 0 Å². The van der Waals surface area contributed by atoms with Gasteiger partial charge >= 0.3 is 5.97 Å². The molecule has 0 unspecified atom stereocenters. The smallest absolute Gasteiger partial charge is 0.318 e. The van der Waals surface area contributed by atoms with E-state index in [2.05, 4.69) is 13.8 Å².